The third kappa shape index (κ3) is 4.42. The molecule has 0 amide bonds. The number of phenolic OH excluding ortho intramolecular Hbond substituents is 1. The highest BCUT2D eigenvalue weighted by Crippen LogP contribution is 2.43. The second-order valence-electron chi connectivity index (χ2n) is 6.19. The molecule has 0 saturated carbocycles. The van der Waals surface area contributed by atoms with Gasteiger partial charge in [0.15, 0.2) is 0 Å². The molecule has 0 unspecified atom stereocenters. The third-order valence-corrected chi connectivity index (χ3v) is 4.88. The lowest BCUT2D eigenvalue weighted by Crippen LogP contribution is -2.05. The van der Waals surface area contributed by atoms with E-state index in [2.05, 4.69) is 0 Å². The summed E-state index contributed by atoms with van der Waals surface area (Å²) in [7, 11) is 0. The van der Waals surface area contributed by atoms with Crippen LogP contribution < -0.4 is 5.43 Å². The van der Waals surface area contributed by atoms with Gasteiger partial charge in [0.25, 0.3) is 0 Å². The van der Waals surface area contributed by atoms with E-state index in [0.717, 1.165) is 0 Å². The van der Waals surface area contributed by atoms with Crippen LogP contribution in [0.1, 0.15) is 43.6 Å². The number of aromatic carboxylic acids is 1. The van der Waals surface area contributed by atoms with Crippen LogP contribution >= 0.6 is 11.6 Å². The van der Waals surface area contributed by atoms with Gasteiger partial charge in [-0.15, -0.1) is 0 Å². The number of carboxylic acids is 1. The molecular formula is C25H25ClO5. The van der Waals surface area contributed by atoms with Gasteiger partial charge in [-0.2, -0.15) is 0 Å². The summed E-state index contributed by atoms with van der Waals surface area (Å²) in [5, 5.41) is 20.3. The van der Waals surface area contributed by atoms with Crippen molar-refractivity contribution in [2.75, 3.05) is 0 Å². The Morgan fingerprint density at radius 2 is 1.61 bits per heavy atom. The SMILES string of the molecule is CC.CC.Cc1c(O)ccc2c(-c3ccccc3C(=O)O)c3cc(Cl)c(=O)cc-3oc12. The van der Waals surface area contributed by atoms with E-state index in [1.807, 2.05) is 27.7 Å². The Balaban J connectivity index is 0.000000807. The van der Waals surface area contributed by atoms with Crippen LogP contribution in [0.15, 0.2) is 57.7 Å². The predicted octanol–water partition coefficient (Wildman–Crippen LogP) is 6.98. The number of hydrogen-bond acceptors (Lipinski definition) is 4. The van der Waals surface area contributed by atoms with Gasteiger partial charge in [-0.1, -0.05) is 57.5 Å². The highest BCUT2D eigenvalue weighted by Gasteiger charge is 2.23. The van der Waals surface area contributed by atoms with Crippen LogP contribution in [0.4, 0.5) is 0 Å². The van der Waals surface area contributed by atoms with Crippen molar-refractivity contribution in [2.45, 2.75) is 34.6 Å². The topological polar surface area (TPSA) is 87.7 Å². The maximum absolute atomic E-state index is 12.0. The second kappa shape index (κ2) is 10.1. The lowest BCUT2D eigenvalue weighted by Gasteiger charge is -2.18. The molecule has 0 bridgehead atoms. The van der Waals surface area contributed by atoms with E-state index in [1.54, 1.807) is 31.2 Å². The first-order chi connectivity index (χ1) is 14.9. The van der Waals surface area contributed by atoms with Crippen molar-refractivity contribution < 1.29 is 19.4 Å². The van der Waals surface area contributed by atoms with Gasteiger partial charge in [-0.3, -0.25) is 4.79 Å². The van der Waals surface area contributed by atoms with Gasteiger partial charge in [0.1, 0.15) is 17.1 Å². The maximum atomic E-state index is 12.0. The van der Waals surface area contributed by atoms with Crippen LogP contribution in [0.2, 0.25) is 5.02 Å². The lowest BCUT2D eigenvalue weighted by atomic mass is 9.90. The van der Waals surface area contributed by atoms with Gasteiger partial charge < -0.3 is 14.6 Å². The Kier molecular flexibility index (Phi) is 7.83. The molecule has 0 aromatic heterocycles. The molecule has 2 aromatic carbocycles. The fourth-order valence-electron chi connectivity index (χ4n) is 3.26. The van der Waals surface area contributed by atoms with Crippen molar-refractivity contribution >= 4 is 28.5 Å². The van der Waals surface area contributed by atoms with Gasteiger partial charge in [-0.05, 0) is 36.8 Å². The average Bonchev–Trinajstić information content (AvgIpc) is 2.79. The third-order valence-electron chi connectivity index (χ3n) is 4.59. The van der Waals surface area contributed by atoms with Gasteiger partial charge >= 0.3 is 5.97 Å². The first kappa shape index (κ1) is 24.0. The number of hydrogen-bond donors (Lipinski definition) is 2. The molecule has 1 aliphatic carbocycles. The molecule has 2 aromatic rings. The molecule has 0 fully saturated rings. The minimum Gasteiger partial charge on any atom is -0.508 e. The minimum absolute atomic E-state index is 0.0154. The number of phenols is 1. The number of halogens is 1. The van der Waals surface area contributed by atoms with E-state index in [0.29, 0.717) is 33.2 Å². The highest BCUT2D eigenvalue weighted by molar-refractivity contribution is 6.31. The molecule has 0 spiro atoms. The number of aromatic hydroxyl groups is 1. The largest absolute Gasteiger partial charge is 0.508 e. The highest BCUT2D eigenvalue weighted by atomic mass is 35.5. The molecule has 0 radical (unpaired) electrons. The molecule has 6 heteroatoms. The van der Waals surface area contributed by atoms with Crippen molar-refractivity contribution in [1.82, 2.24) is 0 Å². The van der Waals surface area contributed by atoms with Gasteiger partial charge in [-0.25, -0.2) is 4.79 Å². The number of carbonyl (C=O) groups is 1. The Morgan fingerprint density at radius 1 is 0.968 bits per heavy atom. The van der Waals surface area contributed by atoms with Crippen LogP contribution in [-0.4, -0.2) is 16.2 Å². The molecule has 4 rings (SSSR count). The number of rotatable bonds is 2. The summed E-state index contributed by atoms with van der Waals surface area (Å²) in [5.41, 5.74) is 2.14. The predicted molar refractivity (Wildman–Crippen MR) is 126 cm³/mol. The summed E-state index contributed by atoms with van der Waals surface area (Å²) in [6.45, 7) is 9.69. The smallest absolute Gasteiger partial charge is 0.336 e. The van der Waals surface area contributed by atoms with Gasteiger partial charge in [0.05, 0.1) is 10.6 Å². The van der Waals surface area contributed by atoms with Crippen LogP contribution in [0, 0.1) is 6.92 Å². The summed E-state index contributed by atoms with van der Waals surface area (Å²) >= 11 is 6.05. The quantitative estimate of drug-likeness (QED) is 0.328. The van der Waals surface area contributed by atoms with E-state index in [-0.39, 0.29) is 22.1 Å². The van der Waals surface area contributed by atoms with E-state index >= 15 is 0 Å². The normalized spacial score (nSPS) is 10.1. The van der Waals surface area contributed by atoms with Gasteiger partial charge in [0.2, 0.25) is 5.43 Å². The standard InChI is InChI=1S/C21H13ClO5.2C2H6/c1-10-16(23)7-6-13-19(11-4-2-3-5-12(11)21(25)26)14-8-15(22)17(24)9-18(14)27-20(10)13;2*1-2/h2-9,23H,1H3,(H,25,26);2*1-2H3. The summed E-state index contributed by atoms with van der Waals surface area (Å²) < 4.78 is 5.89. The van der Waals surface area contributed by atoms with Gasteiger partial charge in [0, 0.05) is 28.1 Å². The summed E-state index contributed by atoms with van der Waals surface area (Å²) in [6.07, 6.45) is 0. The molecule has 0 atom stereocenters. The molecule has 1 heterocycles. The zero-order valence-electron chi connectivity index (χ0n) is 18.1. The van der Waals surface area contributed by atoms with E-state index < -0.39 is 11.4 Å². The van der Waals surface area contributed by atoms with E-state index in [9.17, 15) is 19.8 Å². The number of carboxylic acid groups (broad SMARTS) is 1. The fourth-order valence-corrected chi connectivity index (χ4v) is 3.42. The number of fused-ring (bicyclic) bond motifs is 2. The number of benzene rings is 3. The Bertz CT molecular complexity index is 1260. The molecule has 0 saturated heterocycles. The maximum Gasteiger partial charge on any atom is 0.336 e. The van der Waals surface area contributed by atoms with Crippen molar-refractivity contribution in [3.8, 4) is 28.2 Å². The average molecular weight is 441 g/mol. The minimum atomic E-state index is -1.07. The first-order valence-electron chi connectivity index (χ1n) is 10.1. The molecule has 5 nitrogen and oxygen atoms in total. The summed E-state index contributed by atoms with van der Waals surface area (Å²) in [4.78, 5) is 23.8. The van der Waals surface area contributed by atoms with Crippen LogP contribution in [0.25, 0.3) is 33.4 Å². The molecular weight excluding hydrogens is 416 g/mol. The zero-order valence-corrected chi connectivity index (χ0v) is 18.9. The van der Waals surface area contributed by atoms with Crippen LogP contribution in [-0.2, 0) is 0 Å². The van der Waals surface area contributed by atoms with Crippen LogP contribution in [0.5, 0.6) is 5.75 Å². The van der Waals surface area contributed by atoms with E-state index in [4.69, 9.17) is 16.0 Å². The molecule has 31 heavy (non-hydrogen) atoms. The summed E-state index contributed by atoms with van der Waals surface area (Å²) in [5.74, 6) is -0.769. The molecule has 162 valence electrons. The molecule has 1 aliphatic heterocycles. The summed E-state index contributed by atoms with van der Waals surface area (Å²) in [6, 6.07) is 12.5. The number of aryl methyl sites for hydroxylation is 1. The lowest BCUT2D eigenvalue weighted by molar-refractivity contribution is 0.0697. The van der Waals surface area contributed by atoms with E-state index in [1.165, 1.54) is 24.3 Å². The second-order valence-corrected chi connectivity index (χ2v) is 6.60. The Morgan fingerprint density at radius 3 is 2.26 bits per heavy atom. The van der Waals surface area contributed by atoms with Crippen molar-refractivity contribution in [2.24, 2.45) is 0 Å². The Hall–Kier alpha value is -3.31. The first-order valence-corrected chi connectivity index (χ1v) is 10.5. The van der Waals surface area contributed by atoms with Crippen molar-refractivity contribution in [3.63, 3.8) is 0 Å². The van der Waals surface area contributed by atoms with Crippen LogP contribution in [0.3, 0.4) is 0 Å². The molecule has 2 N–H and O–H groups in total. The molecule has 2 aliphatic rings. The fraction of sp³-hybridized carbons (Fsp3) is 0.200. The van der Waals surface area contributed by atoms with Crippen molar-refractivity contribution in [3.05, 3.63) is 74.9 Å². The Labute approximate surface area is 185 Å². The van der Waals surface area contributed by atoms with Crippen molar-refractivity contribution in [1.29, 1.82) is 0 Å². The zero-order chi connectivity index (χ0) is 23.3. The monoisotopic (exact) mass is 440 g/mol.